The first kappa shape index (κ1) is 21.3. The average Bonchev–Trinajstić information content (AvgIpc) is 3.12. The third kappa shape index (κ3) is 5.35. The second-order valence-corrected chi connectivity index (χ2v) is 8.33. The maximum absolute atomic E-state index is 12.7. The number of carbonyl (C=O) groups excluding carboxylic acids is 2. The first-order chi connectivity index (χ1) is 14.2. The van der Waals surface area contributed by atoms with Gasteiger partial charge in [-0.1, -0.05) is 45.0 Å². The van der Waals surface area contributed by atoms with Crippen LogP contribution in [0.2, 0.25) is 0 Å². The number of H-pyrrole nitrogens is 1. The molecule has 0 unspecified atom stereocenters. The summed E-state index contributed by atoms with van der Waals surface area (Å²) < 4.78 is 0. The van der Waals surface area contributed by atoms with Crippen molar-refractivity contribution in [3.05, 3.63) is 82.9 Å². The van der Waals surface area contributed by atoms with Gasteiger partial charge in [-0.15, -0.1) is 0 Å². The summed E-state index contributed by atoms with van der Waals surface area (Å²) in [7, 11) is 0. The molecule has 3 aromatic rings. The molecule has 0 aliphatic heterocycles. The second-order valence-electron chi connectivity index (χ2n) is 8.33. The van der Waals surface area contributed by atoms with Crippen molar-refractivity contribution < 1.29 is 9.59 Å². The fraction of sp³-hybridized carbons (Fsp3) is 0.292. The lowest BCUT2D eigenvalue weighted by molar-refractivity contribution is 0.0955. The molecule has 0 bridgehead atoms. The van der Waals surface area contributed by atoms with Crippen LogP contribution in [0.1, 0.15) is 58.6 Å². The van der Waals surface area contributed by atoms with Crippen molar-refractivity contribution in [2.45, 2.75) is 39.5 Å². The lowest BCUT2D eigenvalue weighted by Crippen LogP contribution is -2.27. The number of nitrogens with one attached hydrogen (secondary N) is 3. The summed E-state index contributed by atoms with van der Waals surface area (Å²) in [5.41, 5.74) is 3.61. The Hall–Kier alpha value is -3.41. The number of anilines is 1. The summed E-state index contributed by atoms with van der Waals surface area (Å²) in [6, 6.07) is 14.6. The molecule has 3 N–H and O–H groups in total. The van der Waals surface area contributed by atoms with Gasteiger partial charge in [0, 0.05) is 30.4 Å². The van der Waals surface area contributed by atoms with Crippen LogP contribution in [-0.4, -0.2) is 28.3 Å². The van der Waals surface area contributed by atoms with E-state index in [0.29, 0.717) is 29.8 Å². The molecule has 0 saturated heterocycles. The number of aromatic amines is 1. The molecule has 0 aliphatic carbocycles. The molecule has 0 spiro atoms. The van der Waals surface area contributed by atoms with E-state index in [-0.39, 0.29) is 17.2 Å². The minimum Gasteiger partial charge on any atom is -0.352 e. The van der Waals surface area contributed by atoms with Crippen LogP contribution >= 0.6 is 0 Å². The molecular formula is C24H28N4O2. The monoisotopic (exact) mass is 404 g/mol. The Balaban J connectivity index is 1.65. The van der Waals surface area contributed by atoms with Crippen LogP contribution in [0, 0.1) is 6.92 Å². The van der Waals surface area contributed by atoms with Gasteiger partial charge >= 0.3 is 0 Å². The Bertz CT molecular complexity index is 1030. The van der Waals surface area contributed by atoms with E-state index in [0.717, 1.165) is 17.1 Å². The molecule has 156 valence electrons. The van der Waals surface area contributed by atoms with Crippen LogP contribution < -0.4 is 10.6 Å². The number of aromatic nitrogens is 2. The number of amides is 2. The van der Waals surface area contributed by atoms with Crippen molar-refractivity contribution in [3.8, 4) is 0 Å². The molecule has 2 amide bonds. The Kier molecular flexibility index (Phi) is 6.35. The summed E-state index contributed by atoms with van der Waals surface area (Å²) in [6.07, 6.45) is 2.42. The highest BCUT2D eigenvalue weighted by molar-refractivity contribution is 6.09. The van der Waals surface area contributed by atoms with Gasteiger partial charge in [0.25, 0.3) is 11.8 Å². The predicted octanol–water partition coefficient (Wildman–Crippen LogP) is 4.24. The van der Waals surface area contributed by atoms with E-state index in [1.807, 2.05) is 31.2 Å². The molecule has 0 atom stereocenters. The van der Waals surface area contributed by atoms with Crippen LogP contribution in [0.15, 0.2) is 54.7 Å². The highest BCUT2D eigenvalue weighted by Crippen LogP contribution is 2.23. The molecule has 0 radical (unpaired) electrons. The van der Waals surface area contributed by atoms with Crippen LogP contribution in [0.3, 0.4) is 0 Å². The van der Waals surface area contributed by atoms with Crippen molar-refractivity contribution in [1.29, 1.82) is 0 Å². The number of carbonyl (C=O) groups is 2. The van der Waals surface area contributed by atoms with Gasteiger partial charge in [-0.3, -0.25) is 9.59 Å². The SMILES string of the molecule is Cc1ncc(CCNC(=O)c2ccccc2NC(=O)c2ccc(C(C)(C)C)cc2)[nH]1. The number of hydrogen-bond donors (Lipinski definition) is 3. The number of rotatable bonds is 6. The molecule has 0 aliphatic rings. The molecule has 6 nitrogen and oxygen atoms in total. The third-order valence-corrected chi connectivity index (χ3v) is 4.87. The molecular weight excluding hydrogens is 376 g/mol. The molecule has 6 heteroatoms. The van der Waals surface area contributed by atoms with Gasteiger partial charge in [-0.2, -0.15) is 0 Å². The van der Waals surface area contributed by atoms with Gasteiger partial charge < -0.3 is 15.6 Å². The summed E-state index contributed by atoms with van der Waals surface area (Å²) in [4.78, 5) is 32.6. The van der Waals surface area contributed by atoms with Crippen molar-refractivity contribution in [1.82, 2.24) is 15.3 Å². The van der Waals surface area contributed by atoms with Crippen molar-refractivity contribution in [2.75, 3.05) is 11.9 Å². The summed E-state index contributed by atoms with van der Waals surface area (Å²) in [5.74, 6) is 0.369. The van der Waals surface area contributed by atoms with E-state index in [9.17, 15) is 9.59 Å². The number of nitrogens with zero attached hydrogens (tertiary/aromatic N) is 1. The van der Waals surface area contributed by atoms with E-state index in [1.54, 1.807) is 30.5 Å². The number of hydrogen-bond acceptors (Lipinski definition) is 3. The van der Waals surface area contributed by atoms with E-state index in [2.05, 4.69) is 41.4 Å². The lowest BCUT2D eigenvalue weighted by Gasteiger charge is -2.19. The molecule has 0 saturated carbocycles. The maximum atomic E-state index is 12.7. The maximum Gasteiger partial charge on any atom is 0.255 e. The molecule has 2 aromatic carbocycles. The fourth-order valence-corrected chi connectivity index (χ4v) is 3.11. The average molecular weight is 405 g/mol. The van der Waals surface area contributed by atoms with Gasteiger partial charge in [-0.05, 0) is 42.2 Å². The molecule has 30 heavy (non-hydrogen) atoms. The van der Waals surface area contributed by atoms with Gasteiger partial charge in [-0.25, -0.2) is 4.98 Å². The Morgan fingerprint density at radius 1 is 1.00 bits per heavy atom. The topological polar surface area (TPSA) is 86.9 Å². The van der Waals surface area contributed by atoms with Gasteiger partial charge in [0.05, 0.1) is 11.3 Å². The molecule has 1 heterocycles. The zero-order valence-electron chi connectivity index (χ0n) is 17.9. The summed E-state index contributed by atoms with van der Waals surface area (Å²) in [6.45, 7) is 8.74. The number of imidazole rings is 1. The minimum atomic E-state index is -0.247. The smallest absolute Gasteiger partial charge is 0.255 e. The van der Waals surface area contributed by atoms with Gasteiger partial charge in [0.15, 0.2) is 0 Å². The second kappa shape index (κ2) is 8.95. The summed E-state index contributed by atoms with van der Waals surface area (Å²) >= 11 is 0. The van der Waals surface area contributed by atoms with Crippen molar-refractivity contribution in [2.24, 2.45) is 0 Å². The standard InChI is InChI=1S/C24H28N4O2/c1-16-26-15-19(27-16)13-14-25-23(30)20-7-5-6-8-21(20)28-22(29)17-9-11-18(12-10-17)24(2,3)4/h5-12,15H,13-14H2,1-4H3,(H,25,30)(H,26,27)(H,28,29). The fourth-order valence-electron chi connectivity index (χ4n) is 3.11. The van der Waals surface area contributed by atoms with Crippen LogP contribution in [0.5, 0.6) is 0 Å². The minimum absolute atomic E-state index is 0.0224. The Morgan fingerprint density at radius 3 is 2.33 bits per heavy atom. The van der Waals surface area contributed by atoms with E-state index in [4.69, 9.17) is 0 Å². The quantitative estimate of drug-likeness (QED) is 0.574. The van der Waals surface area contributed by atoms with Crippen LogP contribution in [0.25, 0.3) is 0 Å². The van der Waals surface area contributed by atoms with Crippen LogP contribution in [-0.2, 0) is 11.8 Å². The number of para-hydroxylation sites is 1. The largest absolute Gasteiger partial charge is 0.352 e. The Labute approximate surface area is 177 Å². The number of aryl methyl sites for hydroxylation is 1. The summed E-state index contributed by atoms with van der Waals surface area (Å²) in [5, 5.41) is 5.76. The van der Waals surface area contributed by atoms with Crippen LogP contribution in [0.4, 0.5) is 5.69 Å². The zero-order chi connectivity index (χ0) is 21.7. The van der Waals surface area contributed by atoms with Gasteiger partial charge in [0.1, 0.15) is 5.82 Å². The highest BCUT2D eigenvalue weighted by Gasteiger charge is 2.16. The zero-order valence-corrected chi connectivity index (χ0v) is 17.9. The highest BCUT2D eigenvalue weighted by atomic mass is 16.2. The normalized spacial score (nSPS) is 11.2. The first-order valence-electron chi connectivity index (χ1n) is 10.0. The van der Waals surface area contributed by atoms with Crippen molar-refractivity contribution in [3.63, 3.8) is 0 Å². The Morgan fingerprint density at radius 2 is 1.70 bits per heavy atom. The number of benzene rings is 2. The van der Waals surface area contributed by atoms with Crippen molar-refractivity contribution >= 4 is 17.5 Å². The first-order valence-corrected chi connectivity index (χ1v) is 10.0. The third-order valence-electron chi connectivity index (χ3n) is 4.87. The van der Waals surface area contributed by atoms with Gasteiger partial charge in [0.2, 0.25) is 0 Å². The molecule has 1 aromatic heterocycles. The van der Waals surface area contributed by atoms with E-state index < -0.39 is 0 Å². The van der Waals surface area contributed by atoms with E-state index >= 15 is 0 Å². The molecule has 0 fully saturated rings. The molecule has 3 rings (SSSR count). The van der Waals surface area contributed by atoms with E-state index in [1.165, 1.54) is 0 Å². The predicted molar refractivity (Wildman–Crippen MR) is 119 cm³/mol. The lowest BCUT2D eigenvalue weighted by atomic mass is 9.86.